The third kappa shape index (κ3) is 6.10. The zero-order valence-corrected chi connectivity index (χ0v) is 22.4. The highest BCUT2D eigenvalue weighted by Crippen LogP contribution is 2.33. The summed E-state index contributed by atoms with van der Waals surface area (Å²) in [6.07, 6.45) is 7.67. The first-order valence-corrected chi connectivity index (χ1v) is 11.9. The molecule has 0 spiro atoms. The Kier molecular flexibility index (Phi) is 9.64. The first-order chi connectivity index (χ1) is 15.7. The second-order valence-corrected chi connectivity index (χ2v) is 8.48. The lowest BCUT2D eigenvalue weighted by molar-refractivity contribution is 0.346. The molecule has 0 bridgehead atoms. The molecule has 4 rings (SSSR count). The number of hydrogen-bond acceptors (Lipinski definition) is 5. The van der Waals surface area contributed by atoms with E-state index in [9.17, 15) is 0 Å². The van der Waals surface area contributed by atoms with Crippen LogP contribution in [0.25, 0.3) is 0 Å². The van der Waals surface area contributed by atoms with Crippen molar-refractivity contribution in [2.45, 2.75) is 65.0 Å². The molecule has 0 fully saturated rings. The number of hydrogen-bond donors (Lipinski definition) is 1. The summed E-state index contributed by atoms with van der Waals surface area (Å²) >= 11 is 0. The Labute approximate surface area is 214 Å². The Morgan fingerprint density at radius 2 is 1.82 bits per heavy atom. The summed E-state index contributed by atoms with van der Waals surface area (Å²) in [6, 6.07) is 4.21. The van der Waals surface area contributed by atoms with Crippen LogP contribution in [0.1, 0.15) is 55.4 Å². The van der Waals surface area contributed by atoms with Gasteiger partial charge in [-0.2, -0.15) is 0 Å². The number of ether oxygens (including phenoxy) is 2. The van der Waals surface area contributed by atoms with Crippen LogP contribution >= 0.6 is 24.0 Å². The van der Waals surface area contributed by atoms with Gasteiger partial charge in [-0.05, 0) is 55.9 Å². The molecule has 8 nitrogen and oxygen atoms in total. The quantitative estimate of drug-likeness (QED) is 0.238. The first kappa shape index (κ1) is 25.6. The van der Waals surface area contributed by atoms with Crippen LogP contribution in [-0.4, -0.2) is 59.5 Å². The molecule has 2 aliphatic heterocycles. The van der Waals surface area contributed by atoms with Crippen LogP contribution in [-0.2, 0) is 32.4 Å². The molecular weight excluding hydrogens is 531 g/mol. The van der Waals surface area contributed by atoms with E-state index in [0.29, 0.717) is 0 Å². The van der Waals surface area contributed by atoms with E-state index >= 15 is 0 Å². The standard InChI is InChI=1S/C24H36N6O2.HI/c1-4-25-24(26-12-8-10-23-28-27-22-9-6-5-7-13-30(22)23)29-14-11-18-15-20(31-2)21(32-3)16-19(18)17-29;/h15-16H,4-14,17H2,1-3H3,(H,25,26);1H. The number of aryl methyl sites for hydroxylation is 2. The zero-order chi connectivity index (χ0) is 22.3. The van der Waals surface area contributed by atoms with E-state index in [1.807, 2.05) is 0 Å². The minimum absolute atomic E-state index is 0. The van der Waals surface area contributed by atoms with Gasteiger partial charge in [0.1, 0.15) is 11.6 Å². The number of rotatable bonds is 7. The molecule has 0 radical (unpaired) electrons. The Bertz CT molecular complexity index is 945. The fourth-order valence-electron chi connectivity index (χ4n) is 4.64. The average molecular weight is 569 g/mol. The number of nitrogens with zero attached hydrogens (tertiary/aromatic N) is 5. The van der Waals surface area contributed by atoms with Gasteiger partial charge in [0.2, 0.25) is 0 Å². The predicted octanol–water partition coefficient (Wildman–Crippen LogP) is 3.60. The van der Waals surface area contributed by atoms with Gasteiger partial charge >= 0.3 is 0 Å². The van der Waals surface area contributed by atoms with Crippen LogP contribution < -0.4 is 14.8 Å². The van der Waals surface area contributed by atoms with Gasteiger partial charge in [0.05, 0.1) is 14.2 Å². The van der Waals surface area contributed by atoms with Gasteiger partial charge in [0.25, 0.3) is 0 Å². The SMILES string of the molecule is CCNC(=NCCCc1nnc2n1CCCCC2)N1CCc2cc(OC)c(OC)cc2C1.I. The van der Waals surface area contributed by atoms with E-state index in [4.69, 9.17) is 14.5 Å². The third-order valence-corrected chi connectivity index (χ3v) is 6.36. The van der Waals surface area contributed by atoms with E-state index in [0.717, 1.165) is 87.5 Å². The Morgan fingerprint density at radius 3 is 2.58 bits per heavy atom. The number of benzene rings is 1. The van der Waals surface area contributed by atoms with Crippen molar-refractivity contribution in [1.82, 2.24) is 25.0 Å². The van der Waals surface area contributed by atoms with Crippen LogP contribution in [0.15, 0.2) is 17.1 Å². The number of aliphatic imine (C=N–C) groups is 1. The van der Waals surface area contributed by atoms with Crippen LogP contribution in [0.5, 0.6) is 11.5 Å². The summed E-state index contributed by atoms with van der Waals surface area (Å²) in [5.41, 5.74) is 2.59. The van der Waals surface area contributed by atoms with Crippen molar-refractivity contribution < 1.29 is 9.47 Å². The molecule has 1 aromatic carbocycles. The van der Waals surface area contributed by atoms with Crippen molar-refractivity contribution in [3.63, 3.8) is 0 Å². The predicted molar refractivity (Wildman–Crippen MR) is 141 cm³/mol. The molecule has 0 aliphatic carbocycles. The van der Waals surface area contributed by atoms with Crippen LogP contribution in [0.3, 0.4) is 0 Å². The van der Waals surface area contributed by atoms with Gasteiger partial charge in [0, 0.05) is 45.6 Å². The topological polar surface area (TPSA) is 76.8 Å². The molecule has 0 saturated heterocycles. The van der Waals surface area contributed by atoms with E-state index in [2.05, 4.69) is 44.0 Å². The summed E-state index contributed by atoms with van der Waals surface area (Å²) in [4.78, 5) is 7.27. The lowest BCUT2D eigenvalue weighted by Crippen LogP contribution is -2.44. The molecular formula is C24H37IN6O2. The van der Waals surface area contributed by atoms with E-state index < -0.39 is 0 Å². The highest BCUT2D eigenvalue weighted by Gasteiger charge is 2.22. The number of aromatic nitrogens is 3. The normalized spacial score (nSPS) is 15.7. The summed E-state index contributed by atoms with van der Waals surface area (Å²) in [5.74, 6) is 4.84. The lowest BCUT2D eigenvalue weighted by atomic mass is 9.99. The van der Waals surface area contributed by atoms with Crippen LogP contribution in [0, 0.1) is 0 Å². The number of nitrogens with one attached hydrogen (secondary N) is 1. The highest BCUT2D eigenvalue weighted by atomic mass is 127. The minimum atomic E-state index is 0. The largest absolute Gasteiger partial charge is 0.493 e. The third-order valence-electron chi connectivity index (χ3n) is 6.36. The molecule has 1 N–H and O–H groups in total. The number of halogens is 1. The molecule has 0 unspecified atom stereocenters. The molecule has 2 aromatic rings. The molecule has 0 amide bonds. The number of guanidine groups is 1. The van der Waals surface area contributed by atoms with E-state index in [1.165, 1.54) is 30.4 Å². The van der Waals surface area contributed by atoms with Crippen molar-refractivity contribution >= 4 is 29.9 Å². The minimum Gasteiger partial charge on any atom is -0.493 e. The maximum Gasteiger partial charge on any atom is 0.194 e. The van der Waals surface area contributed by atoms with Gasteiger partial charge in [-0.15, -0.1) is 34.2 Å². The van der Waals surface area contributed by atoms with Crippen LogP contribution in [0.2, 0.25) is 0 Å². The number of methoxy groups -OCH3 is 2. The second kappa shape index (κ2) is 12.4. The average Bonchev–Trinajstić information content (AvgIpc) is 3.05. The van der Waals surface area contributed by atoms with Gasteiger partial charge in [0.15, 0.2) is 17.5 Å². The van der Waals surface area contributed by atoms with Gasteiger partial charge in [-0.3, -0.25) is 4.99 Å². The summed E-state index contributed by atoms with van der Waals surface area (Å²) in [6.45, 7) is 6.56. The van der Waals surface area contributed by atoms with Crippen molar-refractivity contribution in [3.05, 3.63) is 34.9 Å². The Morgan fingerprint density at radius 1 is 1.03 bits per heavy atom. The molecule has 33 heavy (non-hydrogen) atoms. The maximum atomic E-state index is 5.51. The molecule has 9 heteroatoms. The van der Waals surface area contributed by atoms with Crippen molar-refractivity contribution in [1.29, 1.82) is 0 Å². The summed E-state index contributed by atoms with van der Waals surface area (Å²) < 4.78 is 13.3. The molecule has 3 heterocycles. The first-order valence-electron chi connectivity index (χ1n) is 11.9. The second-order valence-electron chi connectivity index (χ2n) is 8.48. The molecule has 2 aliphatic rings. The number of fused-ring (bicyclic) bond motifs is 2. The molecule has 0 saturated carbocycles. The fraction of sp³-hybridized carbons (Fsp3) is 0.625. The van der Waals surface area contributed by atoms with Crippen molar-refractivity contribution in [2.24, 2.45) is 4.99 Å². The fourth-order valence-corrected chi connectivity index (χ4v) is 4.64. The van der Waals surface area contributed by atoms with Gasteiger partial charge in [-0.1, -0.05) is 6.42 Å². The van der Waals surface area contributed by atoms with Gasteiger partial charge < -0.3 is 24.3 Å². The highest BCUT2D eigenvalue weighted by molar-refractivity contribution is 14.0. The lowest BCUT2D eigenvalue weighted by Gasteiger charge is -2.32. The van der Waals surface area contributed by atoms with E-state index in [1.54, 1.807) is 14.2 Å². The van der Waals surface area contributed by atoms with E-state index in [-0.39, 0.29) is 24.0 Å². The molecule has 1 aromatic heterocycles. The molecule has 0 atom stereocenters. The smallest absolute Gasteiger partial charge is 0.194 e. The summed E-state index contributed by atoms with van der Waals surface area (Å²) in [7, 11) is 3.37. The zero-order valence-electron chi connectivity index (χ0n) is 20.1. The Balaban J connectivity index is 0.00000306. The maximum absolute atomic E-state index is 5.51. The summed E-state index contributed by atoms with van der Waals surface area (Å²) in [5, 5.41) is 12.3. The Hall–Kier alpha value is -2.04. The van der Waals surface area contributed by atoms with Crippen LogP contribution in [0.4, 0.5) is 0 Å². The van der Waals surface area contributed by atoms with Crippen molar-refractivity contribution in [3.8, 4) is 11.5 Å². The monoisotopic (exact) mass is 568 g/mol. The molecule has 182 valence electrons. The van der Waals surface area contributed by atoms with Gasteiger partial charge in [-0.25, -0.2) is 0 Å². The van der Waals surface area contributed by atoms with Crippen molar-refractivity contribution in [2.75, 3.05) is 33.9 Å².